The number of rotatable bonds is 3. The van der Waals surface area contributed by atoms with E-state index in [9.17, 15) is 4.79 Å². The van der Waals surface area contributed by atoms with E-state index in [0.717, 1.165) is 28.2 Å². The number of anilines is 3. The molecule has 1 aliphatic rings. The molecule has 0 bridgehead atoms. The molecule has 0 spiro atoms. The van der Waals surface area contributed by atoms with Crippen molar-refractivity contribution in [2.24, 2.45) is 0 Å². The van der Waals surface area contributed by atoms with Crippen molar-refractivity contribution in [2.45, 2.75) is 33.3 Å². The van der Waals surface area contributed by atoms with E-state index in [0.29, 0.717) is 23.8 Å². The second-order valence-corrected chi connectivity index (χ2v) is 8.97. The quantitative estimate of drug-likeness (QED) is 0.629. The molecule has 2 amide bonds. The minimum Gasteiger partial charge on any atom is -0.482 e. The van der Waals surface area contributed by atoms with Crippen LogP contribution in [-0.4, -0.2) is 42.2 Å². The number of aryl methyl sites for hydroxylation is 2. The molecule has 32 heavy (non-hydrogen) atoms. The van der Waals surface area contributed by atoms with Gasteiger partial charge in [0.05, 0.1) is 24.1 Å². The van der Waals surface area contributed by atoms with Crippen molar-refractivity contribution in [3.63, 3.8) is 0 Å². The van der Waals surface area contributed by atoms with Gasteiger partial charge in [0.2, 0.25) is 0 Å². The van der Waals surface area contributed by atoms with Gasteiger partial charge in [-0.1, -0.05) is 12.1 Å². The van der Waals surface area contributed by atoms with Gasteiger partial charge in [-0.25, -0.2) is 9.78 Å². The normalized spacial score (nSPS) is 14.4. The molecule has 0 saturated carbocycles. The van der Waals surface area contributed by atoms with Crippen molar-refractivity contribution in [2.75, 3.05) is 35.8 Å². The van der Waals surface area contributed by atoms with Gasteiger partial charge in [0, 0.05) is 31.0 Å². The fourth-order valence-corrected chi connectivity index (χ4v) is 3.67. The van der Waals surface area contributed by atoms with Crippen LogP contribution in [0.25, 0.3) is 11.3 Å². The van der Waals surface area contributed by atoms with E-state index in [2.05, 4.69) is 16.4 Å². The zero-order chi connectivity index (χ0) is 23.0. The number of pyridine rings is 2. The summed E-state index contributed by atoms with van der Waals surface area (Å²) >= 11 is 0. The monoisotopic (exact) mass is 431 g/mol. The topological polar surface area (TPSA) is 70.6 Å². The molecule has 7 nitrogen and oxygen atoms in total. The van der Waals surface area contributed by atoms with Crippen LogP contribution in [0.1, 0.15) is 25.1 Å². The van der Waals surface area contributed by atoms with E-state index in [-0.39, 0.29) is 6.03 Å². The summed E-state index contributed by atoms with van der Waals surface area (Å²) in [5.41, 5.74) is 4.90. The van der Waals surface area contributed by atoms with E-state index in [1.54, 1.807) is 11.1 Å². The van der Waals surface area contributed by atoms with Crippen LogP contribution in [0.5, 0.6) is 5.75 Å². The SMILES string of the molecule is Cc1cc(NC(=O)N2CC(C)(C)Oc3ccc(-c4cccc(N(C)C)c4)nc32)cnc1C. The second kappa shape index (κ2) is 8.15. The first kappa shape index (κ1) is 21.6. The van der Waals surface area contributed by atoms with E-state index < -0.39 is 5.60 Å². The van der Waals surface area contributed by atoms with Gasteiger partial charge in [-0.3, -0.25) is 9.88 Å². The molecule has 0 atom stereocenters. The Morgan fingerprint density at radius 2 is 1.94 bits per heavy atom. The summed E-state index contributed by atoms with van der Waals surface area (Å²) in [5.74, 6) is 1.09. The summed E-state index contributed by atoms with van der Waals surface area (Å²) in [6.45, 7) is 8.21. The van der Waals surface area contributed by atoms with E-state index in [1.807, 2.05) is 83.1 Å². The number of hydrogen-bond acceptors (Lipinski definition) is 5. The van der Waals surface area contributed by atoms with E-state index >= 15 is 0 Å². The van der Waals surface area contributed by atoms with E-state index in [1.165, 1.54) is 0 Å². The molecule has 0 radical (unpaired) electrons. The van der Waals surface area contributed by atoms with Crippen LogP contribution in [0.15, 0.2) is 48.7 Å². The highest BCUT2D eigenvalue weighted by molar-refractivity contribution is 6.02. The minimum atomic E-state index is -0.542. The van der Waals surface area contributed by atoms with Crippen LogP contribution in [-0.2, 0) is 0 Å². The van der Waals surface area contributed by atoms with Crippen LogP contribution >= 0.6 is 0 Å². The predicted octanol–water partition coefficient (Wildman–Crippen LogP) is 5.04. The lowest BCUT2D eigenvalue weighted by Gasteiger charge is -2.38. The number of hydrogen-bond donors (Lipinski definition) is 1. The molecule has 7 heteroatoms. The fraction of sp³-hybridized carbons (Fsp3) is 0.320. The van der Waals surface area contributed by atoms with Crippen molar-refractivity contribution in [3.8, 4) is 17.0 Å². The van der Waals surface area contributed by atoms with Crippen molar-refractivity contribution in [3.05, 3.63) is 59.9 Å². The lowest BCUT2D eigenvalue weighted by Crippen LogP contribution is -2.51. The fourth-order valence-electron chi connectivity index (χ4n) is 3.67. The van der Waals surface area contributed by atoms with Crippen molar-refractivity contribution in [1.82, 2.24) is 9.97 Å². The summed E-state index contributed by atoms with van der Waals surface area (Å²) in [5, 5.41) is 2.96. The van der Waals surface area contributed by atoms with Crippen LogP contribution in [0.2, 0.25) is 0 Å². The summed E-state index contributed by atoms with van der Waals surface area (Å²) in [6, 6.07) is 13.6. The number of fused-ring (bicyclic) bond motifs is 1. The maximum atomic E-state index is 13.3. The van der Waals surface area contributed by atoms with Crippen molar-refractivity contribution >= 4 is 23.2 Å². The number of nitrogens with one attached hydrogen (secondary N) is 1. The molecule has 0 fully saturated rings. The van der Waals surface area contributed by atoms with E-state index in [4.69, 9.17) is 9.72 Å². The average molecular weight is 432 g/mol. The van der Waals surface area contributed by atoms with Gasteiger partial charge >= 0.3 is 6.03 Å². The van der Waals surface area contributed by atoms with Gasteiger partial charge < -0.3 is 15.0 Å². The molecule has 2 aromatic heterocycles. The Kier molecular flexibility index (Phi) is 5.50. The summed E-state index contributed by atoms with van der Waals surface area (Å²) in [4.78, 5) is 26.2. The highest BCUT2D eigenvalue weighted by Crippen LogP contribution is 2.38. The van der Waals surface area contributed by atoms with Gasteiger partial charge in [-0.15, -0.1) is 0 Å². The summed E-state index contributed by atoms with van der Waals surface area (Å²) in [7, 11) is 4.01. The Bertz CT molecular complexity index is 1170. The largest absolute Gasteiger partial charge is 0.482 e. The van der Waals surface area contributed by atoms with Crippen molar-refractivity contribution < 1.29 is 9.53 Å². The summed E-state index contributed by atoms with van der Waals surface area (Å²) < 4.78 is 6.13. The smallest absolute Gasteiger partial charge is 0.327 e. The predicted molar refractivity (Wildman–Crippen MR) is 129 cm³/mol. The standard InChI is InChI=1S/C25H29N5O2/c1-16-12-19(14-26-17(16)2)27-24(31)30-15-25(3,4)32-22-11-10-21(28-23(22)30)18-8-7-9-20(13-18)29(5)6/h7-14H,15H2,1-6H3,(H,27,31). The molecule has 1 N–H and O–H groups in total. The van der Waals surface area contributed by atoms with Crippen LogP contribution in [0, 0.1) is 13.8 Å². The first-order chi connectivity index (χ1) is 15.1. The average Bonchev–Trinajstić information content (AvgIpc) is 2.75. The lowest BCUT2D eigenvalue weighted by molar-refractivity contribution is 0.106. The Labute approximate surface area is 189 Å². The third-order valence-corrected chi connectivity index (χ3v) is 5.51. The maximum Gasteiger partial charge on any atom is 0.327 e. The lowest BCUT2D eigenvalue weighted by atomic mass is 10.1. The van der Waals surface area contributed by atoms with Gasteiger partial charge in [0.1, 0.15) is 5.60 Å². The third kappa shape index (κ3) is 4.37. The second-order valence-electron chi connectivity index (χ2n) is 8.97. The maximum absolute atomic E-state index is 13.3. The van der Waals surface area contributed by atoms with Gasteiger partial charge in [-0.2, -0.15) is 0 Å². The summed E-state index contributed by atoms with van der Waals surface area (Å²) in [6.07, 6.45) is 1.67. The molecule has 166 valence electrons. The number of urea groups is 1. The molecule has 0 saturated heterocycles. The first-order valence-electron chi connectivity index (χ1n) is 10.6. The number of benzene rings is 1. The Balaban J connectivity index is 1.70. The zero-order valence-corrected chi connectivity index (χ0v) is 19.4. The molecule has 1 aromatic carbocycles. The number of carbonyl (C=O) groups is 1. The number of ether oxygens (including phenoxy) is 1. The molecule has 4 rings (SSSR count). The molecular formula is C25H29N5O2. The minimum absolute atomic E-state index is 0.264. The van der Waals surface area contributed by atoms with Crippen LogP contribution in [0.4, 0.5) is 22.0 Å². The zero-order valence-electron chi connectivity index (χ0n) is 19.4. The molecule has 3 aromatic rings. The molecule has 0 unspecified atom stereocenters. The number of nitrogens with zero attached hydrogens (tertiary/aromatic N) is 4. The molecule has 3 heterocycles. The highest BCUT2D eigenvalue weighted by Gasteiger charge is 2.36. The Morgan fingerprint density at radius 1 is 1.16 bits per heavy atom. The highest BCUT2D eigenvalue weighted by atomic mass is 16.5. The Morgan fingerprint density at radius 3 is 2.66 bits per heavy atom. The van der Waals surface area contributed by atoms with Crippen LogP contribution in [0.3, 0.4) is 0 Å². The van der Waals surface area contributed by atoms with Gasteiger partial charge in [-0.05, 0) is 63.6 Å². The Hall–Kier alpha value is -3.61. The van der Waals surface area contributed by atoms with Gasteiger partial charge in [0.25, 0.3) is 0 Å². The number of carbonyl (C=O) groups excluding carboxylic acids is 1. The molecular weight excluding hydrogens is 402 g/mol. The van der Waals surface area contributed by atoms with Crippen molar-refractivity contribution in [1.29, 1.82) is 0 Å². The van der Waals surface area contributed by atoms with Crippen LogP contribution < -0.4 is 19.9 Å². The first-order valence-corrected chi connectivity index (χ1v) is 10.6. The molecule has 1 aliphatic heterocycles. The van der Waals surface area contributed by atoms with Gasteiger partial charge in [0.15, 0.2) is 11.6 Å². The number of amides is 2. The third-order valence-electron chi connectivity index (χ3n) is 5.51. The molecule has 0 aliphatic carbocycles. The number of aromatic nitrogens is 2.